The zero-order valence-corrected chi connectivity index (χ0v) is 14.3. The van der Waals surface area contributed by atoms with Crippen molar-refractivity contribution in [3.63, 3.8) is 0 Å². The van der Waals surface area contributed by atoms with Gasteiger partial charge in [-0.2, -0.15) is 5.10 Å². The van der Waals surface area contributed by atoms with E-state index in [2.05, 4.69) is 30.8 Å². The topological polar surface area (TPSA) is 60.6 Å². The maximum absolute atomic E-state index is 4.79. The van der Waals surface area contributed by atoms with E-state index in [-0.39, 0.29) is 5.54 Å². The Morgan fingerprint density at radius 2 is 1.88 bits per heavy atom. The summed E-state index contributed by atoms with van der Waals surface area (Å²) in [5.41, 5.74) is 2.60. The summed E-state index contributed by atoms with van der Waals surface area (Å²) >= 11 is 0. The Balaban J connectivity index is 1.36. The van der Waals surface area contributed by atoms with Gasteiger partial charge in [-0.1, -0.05) is 0 Å². The maximum atomic E-state index is 4.79. The highest BCUT2D eigenvalue weighted by atomic mass is 15.3. The minimum absolute atomic E-state index is 0.0205. The van der Waals surface area contributed by atoms with E-state index < -0.39 is 0 Å². The van der Waals surface area contributed by atoms with Crippen molar-refractivity contribution in [1.29, 1.82) is 0 Å². The first-order chi connectivity index (χ1) is 11.8. The zero-order chi connectivity index (χ0) is 16.0. The van der Waals surface area contributed by atoms with E-state index in [4.69, 9.17) is 5.10 Å². The lowest BCUT2D eigenvalue weighted by Gasteiger charge is -2.42. The van der Waals surface area contributed by atoms with Gasteiger partial charge in [-0.25, -0.2) is 0 Å². The standard InChI is InChI=1S/C18H26N6/c1-4-11-24-15(6-1)12-14(22-24)13-19-18(8-5-9-18)17-21-20-16-7-2-3-10-23(16)17/h12,19H,1-11,13H2. The number of fused-ring (bicyclic) bond motifs is 2. The van der Waals surface area contributed by atoms with Crippen molar-refractivity contribution in [2.24, 2.45) is 0 Å². The lowest BCUT2D eigenvalue weighted by Crippen LogP contribution is -2.49. The van der Waals surface area contributed by atoms with E-state index >= 15 is 0 Å². The number of rotatable bonds is 4. The number of hydrogen-bond donors (Lipinski definition) is 1. The molecule has 1 aliphatic carbocycles. The van der Waals surface area contributed by atoms with Crippen LogP contribution in [0.1, 0.15) is 68.0 Å². The van der Waals surface area contributed by atoms with Crippen LogP contribution >= 0.6 is 0 Å². The van der Waals surface area contributed by atoms with Crippen molar-refractivity contribution in [3.8, 4) is 0 Å². The molecule has 128 valence electrons. The van der Waals surface area contributed by atoms with Gasteiger partial charge in [0, 0.05) is 31.7 Å². The number of nitrogens with zero attached hydrogens (tertiary/aromatic N) is 5. The van der Waals surface area contributed by atoms with Crippen molar-refractivity contribution in [3.05, 3.63) is 29.1 Å². The molecule has 1 fully saturated rings. The second kappa shape index (κ2) is 5.69. The van der Waals surface area contributed by atoms with Crippen LogP contribution in [0, 0.1) is 0 Å². The van der Waals surface area contributed by atoms with Crippen LogP contribution in [0.5, 0.6) is 0 Å². The van der Waals surface area contributed by atoms with Gasteiger partial charge in [0.05, 0.1) is 11.2 Å². The average molecular weight is 326 g/mol. The van der Waals surface area contributed by atoms with Gasteiger partial charge >= 0.3 is 0 Å². The Hall–Kier alpha value is -1.69. The predicted octanol–water partition coefficient (Wildman–Crippen LogP) is 2.32. The Bertz CT molecular complexity index is 715. The van der Waals surface area contributed by atoms with E-state index in [9.17, 15) is 0 Å². The van der Waals surface area contributed by atoms with Gasteiger partial charge in [0.25, 0.3) is 0 Å². The summed E-state index contributed by atoms with van der Waals surface area (Å²) < 4.78 is 4.58. The predicted molar refractivity (Wildman–Crippen MR) is 90.5 cm³/mol. The van der Waals surface area contributed by atoms with E-state index in [1.165, 1.54) is 74.4 Å². The second-order valence-electron chi connectivity index (χ2n) is 7.65. The first-order valence-electron chi connectivity index (χ1n) is 9.57. The van der Waals surface area contributed by atoms with Crippen molar-refractivity contribution in [2.45, 2.75) is 83.0 Å². The highest BCUT2D eigenvalue weighted by molar-refractivity contribution is 5.17. The molecule has 24 heavy (non-hydrogen) atoms. The highest BCUT2D eigenvalue weighted by Crippen LogP contribution is 2.41. The van der Waals surface area contributed by atoms with E-state index in [0.717, 1.165) is 26.1 Å². The van der Waals surface area contributed by atoms with Gasteiger partial charge in [0.1, 0.15) is 5.82 Å². The summed E-state index contributed by atoms with van der Waals surface area (Å²) in [7, 11) is 0. The molecular formula is C18H26N6. The number of aryl methyl sites for hydroxylation is 3. The fraction of sp³-hybridized carbons (Fsp3) is 0.722. The molecule has 1 saturated carbocycles. The molecule has 0 spiro atoms. The van der Waals surface area contributed by atoms with Crippen molar-refractivity contribution in [2.75, 3.05) is 0 Å². The van der Waals surface area contributed by atoms with Gasteiger partial charge in [-0.15, -0.1) is 10.2 Å². The van der Waals surface area contributed by atoms with Gasteiger partial charge in [-0.05, 0) is 57.4 Å². The maximum Gasteiger partial charge on any atom is 0.153 e. The summed E-state index contributed by atoms with van der Waals surface area (Å²) in [5.74, 6) is 2.36. The number of hydrogen-bond acceptors (Lipinski definition) is 4. The Kier molecular flexibility index (Phi) is 3.47. The second-order valence-corrected chi connectivity index (χ2v) is 7.65. The third-order valence-corrected chi connectivity index (χ3v) is 6.07. The van der Waals surface area contributed by atoms with E-state index in [0.29, 0.717) is 0 Å². The fourth-order valence-electron chi connectivity index (χ4n) is 4.50. The van der Waals surface area contributed by atoms with Crippen LogP contribution < -0.4 is 5.32 Å². The van der Waals surface area contributed by atoms with Gasteiger partial charge < -0.3 is 4.57 Å². The van der Waals surface area contributed by atoms with Gasteiger partial charge in [0.15, 0.2) is 5.82 Å². The quantitative estimate of drug-likeness (QED) is 0.937. The lowest BCUT2D eigenvalue weighted by molar-refractivity contribution is 0.161. The monoisotopic (exact) mass is 326 g/mol. The van der Waals surface area contributed by atoms with Crippen LogP contribution in [0.2, 0.25) is 0 Å². The number of aromatic nitrogens is 5. The van der Waals surface area contributed by atoms with Gasteiger partial charge in [-0.3, -0.25) is 10.00 Å². The average Bonchev–Trinajstić information content (AvgIpc) is 3.18. The minimum atomic E-state index is 0.0205. The van der Waals surface area contributed by atoms with Crippen LogP contribution in [0.15, 0.2) is 6.07 Å². The fourth-order valence-corrected chi connectivity index (χ4v) is 4.50. The van der Waals surface area contributed by atoms with Crippen molar-refractivity contribution in [1.82, 2.24) is 29.9 Å². The molecule has 0 aromatic carbocycles. The summed E-state index contributed by atoms with van der Waals surface area (Å²) in [6.07, 6.45) is 10.9. The third kappa shape index (κ3) is 2.31. The van der Waals surface area contributed by atoms with Crippen LogP contribution in [-0.4, -0.2) is 24.5 Å². The van der Waals surface area contributed by atoms with Crippen LogP contribution in [0.3, 0.4) is 0 Å². The summed E-state index contributed by atoms with van der Waals surface area (Å²) in [5, 5.41) is 17.7. The molecule has 0 atom stereocenters. The molecular weight excluding hydrogens is 300 g/mol. The first kappa shape index (κ1) is 14.6. The number of nitrogens with one attached hydrogen (secondary N) is 1. The largest absolute Gasteiger partial charge is 0.313 e. The molecule has 4 heterocycles. The van der Waals surface area contributed by atoms with Crippen LogP contribution in [0.4, 0.5) is 0 Å². The normalized spacial score (nSPS) is 21.8. The third-order valence-electron chi connectivity index (χ3n) is 6.07. The molecule has 2 aliphatic heterocycles. The molecule has 3 aliphatic rings. The van der Waals surface area contributed by atoms with Crippen LogP contribution in [0.25, 0.3) is 0 Å². The molecule has 0 amide bonds. The molecule has 0 bridgehead atoms. The van der Waals surface area contributed by atoms with Crippen molar-refractivity contribution < 1.29 is 0 Å². The van der Waals surface area contributed by atoms with Gasteiger partial charge in [0.2, 0.25) is 0 Å². The Morgan fingerprint density at radius 3 is 2.71 bits per heavy atom. The molecule has 1 N–H and O–H groups in total. The molecule has 2 aromatic heterocycles. The molecule has 0 radical (unpaired) electrons. The highest BCUT2D eigenvalue weighted by Gasteiger charge is 2.43. The Labute approximate surface area is 142 Å². The van der Waals surface area contributed by atoms with E-state index in [1.807, 2.05) is 0 Å². The lowest BCUT2D eigenvalue weighted by atomic mass is 9.75. The molecule has 6 heteroatoms. The Morgan fingerprint density at radius 1 is 1.00 bits per heavy atom. The summed E-state index contributed by atoms with van der Waals surface area (Å²) in [6.45, 7) is 3.00. The molecule has 2 aromatic rings. The van der Waals surface area contributed by atoms with E-state index in [1.54, 1.807) is 0 Å². The molecule has 5 rings (SSSR count). The first-order valence-corrected chi connectivity index (χ1v) is 9.57. The van der Waals surface area contributed by atoms with Crippen molar-refractivity contribution >= 4 is 0 Å². The molecule has 0 unspecified atom stereocenters. The molecule has 6 nitrogen and oxygen atoms in total. The van der Waals surface area contributed by atoms with Crippen LogP contribution in [-0.2, 0) is 38.0 Å². The minimum Gasteiger partial charge on any atom is -0.313 e. The summed E-state index contributed by atoms with van der Waals surface area (Å²) in [6, 6.07) is 2.29. The molecule has 0 saturated heterocycles. The summed E-state index contributed by atoms with van der Waals surface area (Å²) in [4.78, 5) is 0. The smallest absolute Gasteiger partial charge is 0.153 e. The zero-order valence-electron chi connectivity index (χ0n) is 14.3. The SMILES string of the molecule is c1c(CNC2(c3nnc4n3CCCC4)CCC2)nn2c1CCCC2.